The number of nitrogens with one attached hydrogen (secondary N) is 3. The van der Waals surface area contributed by atoms with Crippen molar-refractivity contribution in [3.8, 4) is 23.8 Å². The lowest BCUT2D eigenvalue weighted by Gasteiger charge is -2.28. The van der Waals surface area contributed by atoms with E-state index in [9.17, 15) is 14.4 Å². The zero-order valence-corrected chi connectivity index (χ0v) is 22.7. The van der Waals surface area contributed by atoms with Gasteiger partial charge >= 0.3 is 0 Å². The van der Waals surface area contributed by atoms with Crippen LogP contribution in [-0.2, 0) is 9.59 Å². The molecule has 2 aromatic carbocycles. The number of nitrogen functional groups attached to an aromatic ring is 1. The van der Waals surface area contributed by atoms with Gasteiger partial charge in [0, 0.05) is 21.4 Å². The molecule has 1 aromatic heterocycles. The predicted molar refractivity (Wildman–Crippen MR) is 152 cm³/mol. The van der Waals surface area contributed by atoms with Crippen molar-refractivity contribution in [2.24, 2.45) is 11.1 Å². The molecular weight excluding hydrogens is 526 g/mol. The molecule has 1 saturated carbocycles. The first-order chi connectivity index (χ1) is 19.2. The highest BCUT2D eigenvalue weighted by molar-refractivity contribution is 7.10. The molecule has 5 N–H and O–H groups in total. The first-order valence-corrected chi connectivity index (χ1v) is 13.7. The summed E-state index contributed by atoms with van der Waals surface area (Å²) >= 11 is 1.40. The van der Waals surface area contributed by atoms with E-state index >= 15 is 0 Å². The number of fused-ring (bicyclic) bond motifs is 1. The summed E-state index contributed by atoms with van der Waals surface area (Å²) in [5.41, 5.74) is 6.02. The summed E-state index contributed by atoms with van der Waals surface area (Å²) in [5, 5.41) is 15.0. The number of carbonyl (C=O) groups excluding carboxylic acids is 3. The van der Waals surface area contributed by atoms with Crippen LogP contribution in [-0.4, -0.2) is 47.1 Å². The van der Waals surface area contributed by atoms with Gasteiger partial charge in [-0.1, -0.05) is 24.1 Å². The van der Waals surface area contributed by atoms with Crippen molar-refractivity contribution in [1.29, 1.82) is 5.41 Å². The van der Waals surface area contributed by atoms with Gasteiger partial charge in [0.2, 0.25) is 11.8 Å². The van der Waals surface area contributed by atoms with Crippen LogP contribution in [0.4, 0.5) is 0 Å². The quantitative estimate of drug-likeness (QED) is 0.182. The number of benzene rings is 2. The highest BCUT2D eigenvalue weighted by Crippen LogP contribution is 2.59. The van der Waals surface area contributed by atoms with Crippen LogP contribution in [0.3, 0.4) is 0 Å². The molecule has 5 rings (SSSR count). The normalized spacial score (nSPS) is 21.4. The summed E-state index contributed by atoms with van der Waals surface area (Å²) in [5.74, 6) is 2.94. The number of piperidine rings is 1. The zero-order valence-electron chi connectivity index (χ0n) is 21.8. The average Bonchev–Trinajstić information content (AvgIpc) is 3.29. The van der Waals surface area contributed by atoms with Crippen LogP contribution < -0.4 is 21.1 Å². The van der Waals surface area contributed by atoms with Crippen LogP contribution in [0.1, 0.15) is 46.6 Å². The van der Waals surface area contributed by atoms with Crippen molar-refractivity contribution in [3.63, 3.8) is 0 Å². The molecule has 2 fully saturated rings. The van der Waals surface area contributed by atoms with Crippen LogP contribution in [0.25, 0.3) is 0 Å². The van der Waals surface area contributed by atoms with Crippen molar-refractivity contribution in [2.75, 3.05) is 6.54 Å². The molecule has 1 aliphatic heterocycles. The molecule has 2 aliphatic rings. The molecule has 40 heavy (non-hydrogen) atoms. The third kappa shape index (κ3) is 5.42. The second kappa shape index (κ2) is 10.9. The van der Waals surface area contributed by atoms with Crippen LogP contribution in [0, 0.1) is 23.2 Å². The summed E-state index contributed by atoms with van der Waals surface area (Å²) in [6.07, 6.45) is 6.80. The van der Waals surface area contributed by atoms with Crippen LogP contribution in [0.2, 0.25) is 0 Å². The number of hydrogen-bond acceptors (Lipinski definition) is 6. The SMILES string of the molecule is C#C[C@@]12C[C@@H]1N(C(=O)CNC(=O)c1ccc(Oc3ccccc3)cc1)[C@H](C(=O)N[C@H](C)c1cc(C(=N)N)cs1)C2. The second-order valence-corrected chi connectivity index (χ2v) is 11.0. The molecule has 0 spiro atoms. The summed E-state index contributed by atoms with van der Waals surface area (Å²) < 4.78 is 5.76. The summed E-state index contributed by atoms with van der Waals surface area (Å²) in [6, 6.07) is 16.4. The van der Waals surface area contributed by atoms with Gasteiger partial charge in [-0.2, -0.15) is 0 Å². The fraction of sp³-hybridized carbons (Fsp3) is 0.267. The topological polar surface area (TPSA) is 138 Å². The third-order valence-electron chi connectivity index (χ3n) is 7.35. The van der Waals surface area contributed by atoms with E-state index in [-0.39, 0.29) is 36.3 Å². The molecule has 0 unspecified atom stereocenters. The molecule has 3 aromatic rings. The Labute approximate surface area is 236 Å². The summed E-state index contributed by atoms with van der Waals surface area (Å²) in [7, 11) is 0. The number of rotatable bonds is 9. The van der Waals surface area contributed by atoms with Gasteiger partial charge in [0.1, 0.15) is 23.4 Å². The van der Waals surface area contributed by atoms with Crippen molar-refractivity contribution < 1.29 is 19.1 Å². The number of nitrogens with two attached hydrogens (primary N) is 1. The maximum atomic E-state index is 13.3. The van der Waals surface area contributed by atoms with Gasteiger partial charge in [-0.05, 0) is 62.2 Å². The fourth-order valence-electron chi connectivity index (χ4n) is 5.06. The Morgan fingerprint density at radius 2 is 1.85 bits per heavy atom. The molecule has 4 atom stereocenters. The van der Waals surface area contributed by atoms with E-state index in [1.807, 2.05) is 37.3 Å². The number of ether oxygens (including phenoxy) is 1. The van der Waals surface area contributed by atoms with E-state index in [1.165, 1.54) is 16.2 Å². The predicted octanol–water partition coefficient (Wildman–Crippen LogP) is 3.42. The Morgan fingerprint density at radius 3 is 2.50 bits per heavy atom. The molecule has 1 aliphatic carbocycles. The number of terminal acetylenes is 1. The Hall–Kier alpha value is -4.62. The van der Waals surface area contributed by atoms with Crippen molar-refractivity contribution in [3.05, 3.63) is 82.0 Å². The lowest BCUT2D eigenvalue weighted by atomic mass is 10.00. The first-order valence-electron chi connectivity index (χ1n) is 12.8. The van der Waals surface area contributed by atoms with E-state index in [0.717, 1.165) is 4.88 Å². The van der Waals surface area contributed by atoms with Crippen molar-refractivity contribution in [2.45, 2.75) is 37.9 Å². The second-order valence-electron chi connectivity index (χ2n) is 10.0. The maximum absolute atomic E-state index is 13.3. The fourth-order valence-corrected chi connectivity index (χ4v) is 5.98. The van der Waals surface area contributed by atoms with E-state index in [2.05, 4.69) is 16.6 Å². The Kier molecular flexibility index (Phi) is 7.32. The average molecular weight is 556 g/mol. The van der Waals surface area contributed by atoms with Gasteiger partial charge in [0.25, 0.3) is 5.91 Å². The minimum absolute atomic E-state index is 0.0388. The number of para-hydroxylation sites is 1. The van der Waals surface area contributed by atoms with Gasteiger partial charge in [-0.3, -0.25) is 19.8 Å². The number of nitrogens with zero attached hydrogens (tertiary/aromatic N) is 1. The molecule has 3 amide bonds. The number of likely N-dealkylation sites (tertiary alicyclic amines) is 1. The number of hydrogen-bond donors (Lipinski definition) is 4. The summed E-state index contributed by atoms with van der Waals surface area (Å²) in [4.78, 5) is 41.7. The molecular formula is C30H29N5O4S. The number of amidine groups is 1. The Bertz CT molecular complexity index is 1500. The molecule has 0 radical (unpaired) electrons. The minimum atomic E-state index is -0.733. The Morgan fingerprint density at radius 1 is 1.15 bits per heavy atom. The largest absolute Gasteiger partial charge is 0.457 e. The van der Waals surface area contributed by atoms with Crippen LogP contribution in [0.15, 0.2) is 66.0 Å². The highest BCUT2D eigenvalue weighted by Gasteiger charge is 2.66. The molecule has 1 saturated heterocycles. The molecule has 2 heterocycles. The van der Waals surface area contributed by atoms with E-state index in [4.69, 9.17) is 22.3 Å². The van der Waals surface area contributed by atoms with Crippen LogP contribution in [0.5, 0.6) is 11.5 Å². The van der Waals surface area contributed by atoms with E-state index in [1.54, 1.807) is 35.7 Å². The van der Waals surface area contributed by atoms with Crippen LogP contribution >= 0.6 is 11.3 Å². The first kappa shape index (κ1) is 27.0. The van der Waals surface area contributed by atoms with Gasteiger partial charge < -0.3 is 26.0 Å². The molecule has 10 heteroatoms. The Balaban J connectivity index is 1.20. The van der Waals surface area contributed by atoms with E-state index in [0.29, 0.717) is 35.5 Å². The monoisotopic (exact) mass is 555 g/mol. The number of carbonyl (C=O) groups is 3. The third-order valence-corrected chi connectivity index (χ3v) is 8.47. The molecule has 9 nitrogen and oxygen atoms in total. The lowest BCUT2D eigenvalue weighted by Crippen LogP contribution is -2.51. The van der Waals surface area contributed by atoms with Gasteiger partial charge in [0.15, 0.2) is 0 Å². The minimum Gasteiger partial charge on any atom is -0.457 e. The molecule has 0 bridgehead atoms. The van der Waals surface area contributed by atoms with Gasteiger partial charge in [-0.25, -0.2) is 0 Å². The van der Waals surface area contributed by atoms with Gasteiger partial charge in [-0.15, -0.1) is 17.8 Å². The van der Waals surface area contributed by atoms with Crippen molar-refractivity contribution in [1.82, 2.24) is 15.5 Å². The molecule has 204 valence electrons. The zero-order chi connectivity index (χ0) is 28.4. The maximum Gasteiger partial charge on any atom is 0.251 e. The lowest BCUT2D eigenvalue weighted by molar-refractivity contribution is -0.139. The highest BCUT2D eigenvalue weighted by atomic mass is 32.1. The van der Waals surface area contributed by atoms with Gasteiger partial charge in [0.05, 0.1) is 24.0 Å². The standard InChI is InChI=1S/C30H29N5O4S/c1-3-30-14-23(29(38)34-18(2)24-13-20(17-40-24)27(31)32)35(25(30)15-30)26(36)16-33-28(37)19-9-11-22(12-10-19)39-21-7-5-4-6-8-21/h1,4-13,17-18,23,25H,14-16H2,2H3,(H3,31,32)(H,33,37)(H,34,38)/t18-,23+,25+,30-/m1/s1. The number of amides is 3. The van der Waals surface area contributed by atoms with E-state index < -0.39 is 17.4 Å². The van der Waals surface area contributed by atoms with Crippen molar-refractivity contribution >= 4 is 34.9 Å². The number of thiophene rings is 1. The summed E-state index contributed by atoms with van der Waals surface area (Å²) in [6.45, 7) is 1.58. The smallest absolute Gasteiger partial charge is 0.251 e.